The lowest BCUT2D eigenvalue weighted by Crippen LogP contribution is -2.52. The molecule has 0 radical (unpaired) electrons. The number of unbranched alkanes of at least 4 members (excludes halogenated alkanes) is 3. The van der Waals surface area contributed by atoms with Crippen molar-refractivity contribution in [1.82, 2.24) is 20.9 Å². The highest BCUT2D eigenvalue weighted by molar-refractivity contribution is 7.53. The molecule has 1 aliphatic carbocycles. The number of rotatable bonds is 23. The number of carbonyl (C=O) groups is 5. The molecule has 4 amide bonds. The molecule has 5 atom stereocenters. The van der Waals surface area contributed by atoms with Gasteiger partial charge in [-0.1, -0.05) is 56.5 Å². The van der Waals surface area contributed by atoms with Crippen molar-refractivity contribution in [3.63, 3.8) is 0 Å². The Hall–Kier alpha value is -3.52. The molecule has 286 valence electrons. The molecule has 3 rings (SSSR count). The summed E-state index contributed by atoms with van der Waals surface area (Å²) in [5, 5.41) is 17.8. The quantitative estimate of drug-likeness (QED) is 0.0700. The maximum atomic E-state index is 13.9. The highest BCUT2D eigenvalue weighted by atomic mass is 31.2. The van der Waals surface area contributed by atoms with E-state index in [-0.39, 0.29) is 57.2 Å². The van der Waals surface area contributed by atoms with E-state index in [2.05, 4.69) is 16.0 Å². The van der Waals surface area contributed by atoms with Gasteiger partial charge in [-0.2, -0.15) is 0 Å². The third kappa shape index (κ3) is 13.9. The number of likely N-dealkylation sites (tertiary alicyclic amines) is 1. The highest BCUT2D eigenvalue weighted by Gasteiger charge is 2.43. The lowest BCUT2D eigenvalue weighted by molar-refractivity contribution is -0.151. The average molecular weight is 738 g/mol. The number of carbonyl (C=O) groups excluding carboxylic acids is 4. The van der Waals surface area contributed by atoms with E-state index in [9.17, 15) is 38.5 Å². The van der Waals surface area contributed by atoms with Crippen LogP contribution in [0.25, 0.3) is 0 Å². The van der Waals surface area contributed by atoms with E-state index in [1.807, 2.05) is 37.3 Å². The van der Waals surface area contributed by atoms with Crippen molar-refractivity contribution in [1.29, 1.82) is 0 Å². The summed E-state index contributed by atoms with van der Waals surface area (Å²) in [6.45, 7) is 2.80. The fraction of sp³-hybridized carbons (Fsp3) is 0.686. The van der Waals surface area contributed by atoms with Crippen LogP contribution in [0, 0.1) is 5.92 Å². The number of nitrogens with two attached hydrogens (primary N) is 1. The van der Waals surface area contributed by atoms with Gasteiger partial charge in [-0.3, -0.25) is 23.5 Å². The number of alkyl carbamates (subject to hydrolysis) is 1. The molecular formula is C35H56N5O10P. The van der Waals surface area contributed by atoms with Crippen molar-refractivity contribution in [3.05, 3.63) is 35.9 Å². The first-order chi connectivity index (χ1) is 24.5. The Bertz CT molecular complexity index is 1330. The number of ether oxygens (including phenoxy) is 1. The monoisotopic (exact) mass is 737 g/mol. The topological polar surface area (TPSA) is 227 Å². The number of benzene rings is 1. The van der Waals surface area contributed by atoms with Crippen LogP contribution in [-0.2, 0) is 39.6 Å². The van der Waals surface area contributed by atoms with Crippen LogP contribution >= 0.6 is 7.60 Å². The number of hydrogen-bond acceptors (Lipinski definition) is 9. The zero-order valence-corrected chi connectivity index (χ0v) is 30.5. The molecule has 1 heterocycles. The van der Waals surface area contributed by atoms with Crippen LogP contribution in [0.2, 0.25) is 0 Å². The first-order valence-electron chi connectivity index (χ1n) is 18.3. The molecule has 1 aromatic carbocycles. The Morgan fingerprint density at radius 2 is 1.69 bits per heavy atom. The van der Waals surface area contributed by atoms with Gasteiger partial charge in [-0.05, 0) is 82.7 Å². The van der Waals surface area contributed by atoms with Crippen molar-refractivity contribution in [2.75, 3.05) is 19.6 Å². The van der Waals surface area contributed by atoms with Gasteiger partial charge in [-0.15, -0.1) is 0 Å². The highest BCUT2D eigenvalue weighted by Crippen LogP contribution is 2.50. The minimum absolute atomic E-state index is 0.0474. The molecule has 51 heavy (non-hydrogen) atoms. The summed E-state index contributed by atoms with van der Waals surface area (Å²) in [5.41, 5.74) is 6.48. The van der Waals surface area contributed by atoms with Gasteiger partial charge in [0.2, 0.25) is 11.8 Å². The van der Waals surface area contributed by atoms with Crippen LogP contribution in [0.15, 0.2) is 30.3 Å². The molecule has 1 saturated heterocycles. The molecule has 1 saturated carbocycles. The van der Waals surface area contributed by atoms with Crippen LogP contribution in [0.4, 0.5) is 4.79 Å². The number of nitrogens with one attached hydrogen (secondary N) is 3. The van der Waals surface area contributed by atoms with Gasteiger partial charge >= 0.3 is 19.7 Å². The summed E-state index contributed by atoms with van der Waals surface area (Å²) in [5.74, 6) is -4.35. The van der Waals surface area contributed by atoms with E-state index in [0.717, 1.165) is 12.0 Å². The lowest BCUT2D eigenvalue weighted by Gasteiger charge is -2.32. The maximum absolute atomic E-state index is 13.9. The predicted octanol–water partition coefficient (Wildman–Crippen LogP) is 3.78. The van der Waals surface area contributed by atoms with Crippen molar-refractivity contribution in [3.8, 4) is 0 Å². The second-order valence-corrected chi connectivity index (χ2v) is 15.3. The van der Waals surface area contributed by atoms with E-state index in [0.29, 0.717) is 64.3 Å². The van der Waals surface area contributed by atoms with Crippen LogP contribution in [-0.4, -0.2) is 88.3 Å². The molecule has 2 unspecified atom stereocenters. The van der Waals surface area contributed by atoms with Crippen LogP contribution in [0.1, 0.15) is 102 Å². The van der Waals surface area contributed by atoms with Crippen molar-refractivity contribution < 1.29 is 47.8 Å². The molecule has 15 nitrogen and oxygen atoms in total. The normalized spacial score (nSPS) is 18.8. The molecule has 1 aromatic rings. The summed E-state index contributed by atoms with van der Waals surface area (Å²) < 4.78 is 24.8. The summed E-state index contributed by atoms with van der Waals surface area (Å²) in [7, 11) is -4.73. The van der Waals surface area contributed by atoms with E-state index in [1.165, 1.54) is 4.90 Å². The molecule has 0 spiro atoms. The Balaban J connectivity index is 1.66. The SMILES string of the molecule is CCCC[C@@H](NC(=O)[C@H](CCCCNC(=O)OCc1ccccc1)NC(=O)C1CCC1)P(=O)(O)OC(CCCCN)C(=O)N1CCC[C@H]1C(=O)O. The Morgan fingerprint density at radius 1 is 0.961 bits per heavy atom. The van der Waals surface area contributed by atoms with Gasteiger partial charge in [0.05, 0.1) is 0 Å². The van der Waals surface area contributed by atoms with Gasteiger partial charge in [-0.25, -0.2) is 9.59 Å². The second kappa shape index (κ2) is 21.8. The summed E-state index contributed by atoms with van der Waals surface area (Å²) in [4.78, 5) is 76.6. The number of carboxylic acid groups (broad SMARTS) is 1. The molecular weight excluding hydrogens is 681 g/mol. The number of hydrogen-bond donors (Lipinski definition) is 6. The molecule has 16 heteroatoms. The lowest BCUT2D eigenvalue weighted by atomic mass is 9.84. The maximum Gasteiger partial charge on any atom is 0.407 e. The second-order valence-electron chi connectivity index (χ2n) is 13.3. The van der Waals surface area contributed by atoms with E-state index in [4.69, 9.17) is 15.0 Å². The average Bonchev–Trinajstić information content (AvgIpc) is 3.58. The Kier molecular flexibility index (Phi) is 17.9. The van der Waals surface area contributed by atoms with Gasteiger partial charge in [0, 0.05) is 19.0 Å². The van der Waals surface area contributed by atoms with Crippen molar-refractivity contribution >= 4 is 37.4 Å². The molecule has 0 bridgehead atoms. The molecule has 2 aliphatic rings. The van der Waals surface area contributed by atoms with Crippen molar-refractivity contribution in [2.45, 2.75) is 127 Å². The van der Waals surface area contributed by atoms with Gasteiger partial charge in [0.1, 0.15) is 30.6 Å². The first kappa shape index (κ1) is 41.9. The Morgan fingerprint density at radius 3 is 2.33 bits per heavy atom. The third-order valence-corrected chi connectivity index (χ3v) is 11.1. The molecule has 0 aromatic heterocycles. The van der Waals surface area contributed by atoms with Gasteiger partial charge < -0.3 is 41.3 Å². The standard InChI is InChI=1S/C35H56N5O10P/c1-2-3-20-30(51(47,48)50-29(19-7-9-21-36)33(43)40-23-12-18-28(40)34(44)45)39-32(42)27(38-31(41)26-15-11-16-26)17-8-10-22-37-35(46)49-24-25-13-5-4-6-14-25/h4-6,13-14,26-30H,2-3,7-12,15-24,36H2,1H3,(H,37,46)(H,38,41)(H,39,42)(H,44,45)(H,47,48)/t27-,28-,29?,30-/m0/s1. The molecule has 1 aliphatic heterocycles. The zero-order chi connectivity index (χ0) is 37.2. The van der Waals surface area contributed by atoms with Crippen molar-refractivity contribution in [2.24, 2.45) is 11.7 Å². The number of amides is 4. The smallest absolute Gasteiger partial charge is 0.407 e. The minimum Gasteiger partial charge on any atom is -0.480 e. The summed E-state index contributed by atoms with van der Waals surface area (Å²) in [6.07, 6.45) is 4.37. The first-order valence-corrected chi connectivity index (χ1v) is 19.9. The Labute approximate surface area is 300 Å². The van der Waals surface area contributed by atoms with E-state index < -0.39 is 55.4 Å². The van der Waals surface area contributed by atoms with E-state index >= 15 is 0 Å². The fourth-order valence-electron chi connectivity index (χ4n) is 6.07. The van der Waals surface area contributed by atoms with Gasteiger partial charge in [0.15, 0.2) is 0 Å². The van der Waals surface area contributed by atoms with Crippen LogP contribution in [0.3, 0.4) is 0 Å². The van der Waals surface area contributed by atoms with Crippen LogP contribution < -0.4 is 21.7 Å². The predicted molar refractivity (Wildman–Crippen MR) is 189 cm³/mol. The minimum atomic E-state index is -4.73. The number of carboxylic acids is 1. The molecule has 2 fully saturated rings. The molecule has 7 N–H and O–H groups in total. The third-order valence-electron chi connectivity index (χ3n) is 9.34. The van der Waals surface area contributed by atoms with Gasteiger partial charge in [0.25, 0.3) is 5.91 Å². The largest absolute Gasteiger partial charge is 0.480 e. The zero-order valence-electron chi connectivity index (χ0n) is 29.6. The summed E-state index contributed by atoms with van der Waals surface area (Å²) >= 11 is 0. The number of aliphatic carboxylic acids is 1. The number of nitrogens with zero attached hydrogens (tertiary/aromatic N) is 1. The van der Waals surface area contributed by atoms with Crippen LogP contribution in [0.5, 0.6) is 0 Å². The van der Waals surface area contributed by atoms with E-state index in [1.54, 1.807) is 0 Å². The summed E-state index contributed by atoms with van der Waals surface area (Å²) in [6, 6.07) is 7.18. The fourth-order valence-corrected chi connectivity index (χ4v) is 7.58.